The largest absolute Gasteiger partial charge is 0.476 e. The van der Waals surface area contributed by atoms with E-state index in [4.69, 9.17) is 25.8 Å². The number of ether oxygens (including phenoxy) is 3. The van der Waals surface area contributed by atoms with Crippen LogP contribution in [0.2, 0.25) is 0 Å². The fourth-order valence-corrected chi connectivity index (χ4v) is 4.16. The Kier molecular flexibility index (Phi) is 7.22. The minimum absolute atomic E-state index is 0.174. The molecule has 0 saturated carbocycles. The molecule has 188 valence electrons. The Bertz CT molecular complexity index is 1310. The van der Waals surface area contributed by atoms with Crippen LogP contribution < -0.4 is 9.47 Å². The van der Waals surface area contributed by atoms with Crippen LogP contribution in [0.1, 0.15) is 43.1 Å². The van der Waals surface area contributed by atoms with Gasteiger partial charge in [-0.15, -0.1) is 0 Å². The number of carbonyl (C=O) groups excluding carboxylic acids is 2. The van der Waals surface area contributed by atoms with E-state index in [0.29, 0.717) is 35.1 Å². The van der Waals surface area contributed by atoms with Crippen LogP contribution in [0.3, 0.4) is 0 Å². The van der Waals surface area contributed by atoms with Crippen molar-refractivity contribution in [1.29, 1.82) is 0 Å². The zero-order valence-corrected chi connectivity index (χ0v) is 21.3. The summed E-state index contributed by atoms with van der Waals surface area (Å²) in [4.78, 5) is 26.8. The minimum atomic E-state index is -1.17. The van der Waals surface area contributed by atoms with Crippen molar-refractivity contribution >= 4 is 23.5 Å². The fourth-order valence-electron chi connectivity index (χ4n) is 3.96. The lowest BCUT2D eigenvalue weighted by atomic mass is 10.0. The number of rotatable bonds is 7. The van der Waals surface area contributed by atoms with Crippen LogP contribution in [0, 0.1) is 12.7 Å². The normalized spacial score (nSPS) is 14.9. The summed E-state index contributed by atoms with van der Waals surface area (Å²) in [7, 11) is 0. The van der Waals surface area contributed by atoms with Gasteiger partial charge in [-0.25, -0.2) is 9.18 Å². The lowest BCUT2D eigenvalue weighted by Crippen LogP contribution is -2.39. The molecular formula is C28H27ClFNO5. The molecule has 1 amide bonds. The Morgan fingerprint density at radius 3 is 2.61 bits per heavy atom. The van der Waals surface area contributed by atoms with E-state index in [9.17, 15) is 14.0 Å². The minimum Gasteiger partial charge on any atom is -0.476 e. The number of benzene rings is 2. The Labute approximate surface area is 214 Å². The first-order chi connectivity index (χ1) is 17.1. The molecule has 2 aromatic carbocycles. The van der Waals surface area contributed by atoms with Gasteiger partial charge in [0, 0.05) is 22.9 Å². The molecule has 0 fully saturated rings. The van der Waals surface area contributed by atoms with Crippen molar-refractivity contribution in [1.82, 2.24) is 4.90 Å². The molecular weight excluding hydrogens is 485 g/mol. The van der Waals surface area contributed by atoms with Gasteiger partial charge in [0.1, 0.15) is 23.1 Å². The second kappa shape index (κ2) is 10.2. The molecule has 36 heavy (non-hydrogen) atoms. The summed E-state index contributed by atoms with van der Waals surface area (Å²) in [6, 6.07) is 8.94. The molecule has 1 aliphatic carbocycles. The molecule has 0 bridgehead atoms. The smallest absolute Gasteiger partial charge is 0.349 e. The third-order valence-electron chi connectivity index (χ3n) is 5.79. The van der Waals surface area contributed by atoms with E-state index in [2.05, 4.69) is 0 Å². The molecule has 1 heterocycles. The first-order valence-electron chi connectivity index (χ1n) is 11.6. The number of aryl methyl sites for hydroxylation is 1. The number of fused-ring (bicyclic) bond motifs is 1. The van der Waals surface area contributed by atoms with E-state index >= 15 is 0 Å². The topological polar surface area (TPSA) is 65.1 Å². The summed E-state index contributed by atoms with van der Waals surface area (Å²) < 4.78 is 31.2. The zero-order chi connectivity index (χ0) is 26.0. The van der Waals surface area contributed by atoms with Crippen molar-refractivity contribution in [2.24, 2.45) is 0 Å². The van der Waals surface area contributed by atoms with Crippen molar-refractivity contribution < 1.29 is 28.2 Å². The van der Waals surface area contributed by atoms with Crippen LogP contribution >= 0.6 is 11.6 Å². The number of allylic oxidation sites excluding steroid dienone is 3. The van der Waals surface area contributed by atoms with E-state index < -0.39 is 17.4 Å². The molecule has 0 saturated heterocycles. The van der Waals surface area contributed by atoms with Crippen LogP contribution in [-0.2, 0) is 9.53 Å². The van der Waals surface area contributed by atoms with Gasteiger partial charge in [0.15, 0.2) is 5.60 Å². The molecule has 0 atom stereocenters. The highest BCUT2D eigenvalue weighted by molar-refractivity contribution is 6.31. The highest BCUT2D eigenvalue weighted by Crippen LogP contribution is 2.33. The highest BCUT2D eigenvalue weighted by Gasteiger charge is 2.32. The molecule has 1 aliphatic heterocycles. The van der Waals surface area contributed by atoms with Gasteiger partial charge in [-0.05, 0) is 87.2 Å². The molecule has 0 unspecified atom stereocenters. The highest BCUT2D eigenvalue weighted by atomic mass is 35.5. The monoisotopic (exact) mass is 511 g/mol. The average Bonchev–Trinajstić information content (AvgIpc) is 3.23. The van der Waals surface area contributed by atoms with Crippen molar-refractivity contribution in [3.05, 3.63) is 87.9 Å². The standard InChI is InChI=1S/C28H27ClFNO5/c1-5-34-27(33)28(3,4)36-25-9-8-23(10-17(25)2)35-24-13-19(12-22(30)14-24)26(32)31-15-18-6-7-21(29)11-20(18)16-31/h7-15H,5-6,16H2,1-4H3. The first kappa shape index (κ1) is 25.5. The number of halogens is 2. The van der Waals surface area contributed by atoms with Gasteiger partial charge >= 0.3 is 5.97 Å². The van der Waals surface area contributed by atoms with Gasteiger partial charge in [0.05, 0.1) is 13.2 Å². The zero-order valence-electron chi connectivity index (χ0n) is 20.6. The Hall–Kier alpha value is -3.58. The first-order valence-corrected chi connectivity index (χ1v) is 12.0. The van der Waals surface area contributed by atoms with Crippen LogP contribution in [0.4, 0.5) is 4.39 Å². The molecule has 8 heteroatoms. The summed E-state index contributed by atoms with van der Waals surface area (Å²) in [6.07, 6.45) is 6.16. The van der Waals surface area contributed by atoms with Crippen LogP contribution in [0.5, 0.6) is 17.2 Å². The lowest BCUT2D eigenvalue weighted by Gasteiger charge is -2.25. The summed E-state index contributed by atoms with van der Waals surface area (Å²) in [5, 5.41) is 0.647. The lowest BCUT2D eigenvalue weighted by molar-refractivity contribution is -0.158. The molecule has 2 aromatic rings. The van der Waals surface area contributed by atoms with E-state index in [0.717, 1.165) is 11.1 Å². The van der Waals surface area contributed by atoms with Gasteiger partial charge in [-0.1, -0.05) is 17.7 Å². The van der Waals surface area contributed by atoms with Crippen LogP contribution in [0.15, 0.2) is 70.9 Å². The number of carbonyl (C=O) groups is 2. The number of hydrogen-bond donors (Lipinski definition) is 0. The van der Waals surface area contributed by atoms with Crippen molar-refractivity contribution in [2.45, 2.75) is 39.7 Å². The Morgan fingerprint density at radius 2 is 1.89 bits per heavy atom. The average molecular weight is 512 g/mol. The maximum atomic E-state index is 14.4. The maximum Gasteiger partial charge on any atom is 0.349 e. The number of hydrogen-bond acceptors (Lipinski definition) is 5. The molecule has 0 spiro atoms. The van der Waals surface area contributed by atoms with Gasteiger partial charge in [0.25, 0.3) is 5.91 Å². The van der Waals surface area contributed by atoms with Crippen molar-refractivity contribution in [2.75, 3.05) is 13.2 Å². The molecule has 2 aliphatic rings. The number of nitrogens with zero attached hydrogens (tertiary/aromatic N) is 1. The van der Waals surface area contributed by atoms with Crippen LogP contribution in [0.25, 0.3) is 0 Å². The second-order valence-corrected chi connectivity index (χ2v) is 9.52. The van der Waals surface area contributed by atoms with E-state index in [1.807, 2.05) is 12.2 Å². The molecule has 0 aromatic heterocycles. The number of esters is 1. The van der Waals surface area contributed by atoms with E-state index in [1.54, 1.807) is 57.0 Å². The third-order valence-corrected chi connectivity index (χ3v) is 6.05. The summed E-state index contributed by atoms with van der Waals surface area (Å²) in [5.41, 5.74) is 1.72. The van der Waals surface area contributed by atoms with Crippen LogP contribution in [-0.4, -0.2) is 35.5 Å². The van der Waals surface area contributed by atoms with Crippen molar-refractivity contribution in [3.63, 3.8) is 0 Å². The predicted molar refractivity (Wildman–Crippen MR) is 135 cm³/mol. The quantitative estimate of drug-likeness (QED) is 0.400. The van der Waals surface area contributed by atoms with Gasteiger partial charge in [0.2, 0.25) is 0 Å². The van der Waals surface area contributed by atoms with Gasteiger partial charge in [-0.3, -0.25) is 4.79 Å². The third kappa shape index (κ3) is 5.62. The van der Waals surface area contributed by atoms with Gasteiger partial charge < -0.3 is 19.1 Å². The molecule has 0 N–H and O–H groups in total. The summed E-state index contributed by atoms with van der Waals surface area (Å²) in [5.74, 6) is -0.283. The van der Waals surface area contributed by atoms with E-state index in [-0.39, 0.29) is 23.8 Å². The Balaban J connectivity index is 1.49. The Morgan fingerprint density at radius 1 is 1.11 bits per heavy atom. The fraction of sp³-hybridized carbons (Fsp3) is 0.286. The molecule has 0 radical (unpaired) electrons. The summed E-state index contributed by atoms with van der Waals surface area (Å²) >= 11 is 6.08. The van der Waals surface area contributed by atoms with Crippen molar-refractivity contribution in [3.8, 4) is 17.2 Å². The maximum absolute atomic E-state index is 14.4. The molecule has 4 rings (SSSR count). The van der Waals surface area contributed by atoms with E-state index in [1.165, 1.54) is 18.2 Å². The predicted octanol–water partition coefficient (Wildman–Crippen LogP) is 6.44. The second-order valence-electron chi connectivity index (χ2n) is 9.09. The molecule has 6 nitrogen and oxygen atoms in total. The number of amides is 1. The summed E-state index contributed by atoms with van der Waals surface area (Å²) in [6.45, 7) is 7.44. The van der Waals surface area contributed by atoms with Gasteiger partial charge in [-0.2, -0.15) is 0 Å². The SMILES string of the molecule is CCOC(=O)C(C)(C)Oc1ccc(Oc2cc(F)cc(C(=O)N3C=C4CC=C(Cl)C=C4C3)c2)cc1C.